The molecule has 2 aliphatic heterocycles. The fourth-order valence-corrected chi connectivity index (χ4v) is 3.71. The van der Waals surface area contributed by atoms with E-state index in [4.69, 9.17) is 9.47 Å². The van der Waals surface area contributed by atoms with Crippen molar-refractivity contribution in [2.45, 2.75) is 33.0 Å². The molecule has 0 saturated carbocycles. The van der Waals surface area contributed by atoms with E-state index in [1.807, 2.05) is 24.0 Å². The van der Waals surface area contributed by atoms with Crippen LogP contribution >= 0.6 is 0 Å². The molecular weight excluding hydrogens is 363 g/mol. The van der Waals surface area contributed by atoms with E-state index < -0.39 is 5.97 Å². The molecule has 1 aromatic carbocycles. The van der Waals surface area contributed by atoms with Gasteiger partial charge in [0.05, 0.1) is 13.2 Å². The maximum atomic E-state index is 13.7. The third-order valence-corrected chi connectivity index (χ3v) is 4.96. The fraction of sp³-hybridized carbons (Fsp3) is 0.476. The Morgan fingerprint density at radius 1 is 1.36 bits per heavy atom. The van der Waals surface area contributed by atoms with Crippen LogP contribution in [0, 0.1) is 5.82 Å². The summed E-state index contributed by atoms with van der Waals surface area (Å²) in [4.78, 5) is 16.1. The van der Waals surface area contributed by atoms with E-state index in [-0.39, 0.29) is 17.6 Å². The second-order valence-electron chi connectivity index (χ2n) is 6.94. The molecule has 0 radical (unpaired) electrons. The molecule has 1 fully saturated rings. The van der Waals surface area contributed by atoms with Gasteiger partial charge in [-0.3, -0.25) is 4.90 Å². The van der Waals surface area contributed by atoms with E-state index >= 15 is 0 Å². The van der Waals surface area contributed by atoms with Crippen LogP contribution in [0.25, 0.3) is 0 Å². The van der Waals surface area contributed by atoms with Crippen LogP contribution in [0.3, 0.4) is 0 Å². The first kappa shape index (κ1) is 20.4. The summed E-state index contributed by atoms with van der Waals surface area (Å²) in [6.45, 7) is 7.20. The first-order valence-corrected chi connectivity index (χ1v) is 9.63. The van der Waals surface area contributed by atoms with Gasteiger partial charge in [0.15, 0.2) is 0 Å². The van der Waals surface area contributed by atoms with Gasteiger partial charge in [0, 0.05) is 26.2 Å². The molecule has 1 N–H and O–H groups in total. The quantitative estimate of drug-likeness (QED) is 0.806. The Kier molecular flexibility index (Phi) is 6.70. The van der Waals surface area contributed by atoms with Crippen molar-refractivity contribution >= 4 is 5.97 Å². The lowest BCUT2D eigenvalue weighted by Crippen LogP contribution is -2.50. The Balaban J connectivity index is 2.02. The number of carboxylic acids is 1. The van der Waals surface area contributed by atoms with Crippen LogP contribution in [-0.4, -0.2) is 60.0 Å². The molecular formula is C21H27FN2O4. The van der Waals surface area contributed by atoms with Crippen LogP contribution in [0.1, 0.15) is 25.8 Å². The third kappa shape index (κ3) is 4.54. The minimum absolute atomic E-state index is 0.153. The van der Waals surface area contributed by atoms with Crippen molar-refractivity contribution in [1.82, 2.24) is 9.80 Å². The number of halogens is 1. The summed E-state index contributed by atoms with van der Waals surface area (Å²) in [5.41, 5.74) is 1.58. The van der Waals surface area contributed by atoms with Gasteiger partial charge in [0.1, 0.15) is 17.6 Å². The average Bonchev–Trinajstić information content (AvgIpc) is 2.93. The predicted molar refractivity (Wildman–Crippen MR) is 103 cm³/mol. The zero-order chi connectivity index (χ0) is 20.1. The molecule has 1 atom stereocenters. The summed E-state index contributed by atoms with van der Waals surface area (Å²) in [6, 6.07) is 6.36. The zero-order valence-corrected chi connectivity index (χ0v) is 16.4. The molecule has 3 rings (SSSR count). The molecule has 6 nitrogen and oxygen atoms in total. The lowest BCUT2D eigenvalue weighted by atomic mass is 10.0. The number of carboxylic acid groups (broad SMARTS) is 1. The summed E-state index contributed by atoms with van der Waals surface area (Å²) in [5, 5.41) is 9.78. The van der Waals surface area contributed by atoms with Gasteiger partial charge in [-0.05, 0) is 49.6 Å². The number of hydrogen-bond acceptors (Lipinski definition) is 5. The Morgan fingerprint density at radius 3 is 2.89 bits per heavy atom. The highest BCUT2D eigenvalue weighted by Crippen LogP contribution is 2.31. The fourth-order valence-electron chi connectivity index (χ4n) is 3.71. The highest BCUT2D eigenvalue weighted by atomic mass is 19.1. The van der Waals surface area contributed by atoms with E-state index in [9.17, 15) is 14.3 Å². The van der Waals surface area contributed by atoms with Crippen LogP contribution < -0.4 is 0 Å². The van der Waals surface area contributed by atoms with Crippen LogP contribution in [0.2, 0.25) is 0 Å². The van der Waals surface area contributed by atoms with E-state index in [0.717, 1.165) is 25.1 Å². The smallest absolute Gasteiger partial charge is 0.341 e. The van der Waals surface area contributed by atoms with Gasteiger partial charge in [-0.25, -0.2) is 9.18 Å². The molecule has 2 aliphatic rings. The number of ether oxygens (including phenoxy) is 2. The minimum atomic E-state index is -1.03. The second kappa shape index (κ2) is 9.21. The molecule has 2 heterocycles. The molecule has 0 amide bonds. The van der Waals surface area contributed by atoms with Crippen molar-refractivity contribution in [2.24, 2.45) is 0 Å². The molecule has 152 valence electrons. The van der Waals surface area contributed by atoms with Crippen molar-refractivity contribution in [3.63, 3.8) is 0 Å². The Morgan fingerprint density at radius 2 is 2.18 bits per heavy atom. The van der Waals surface area contributed by atoms with Crippen molar-refractivity contribution in [3.8, 4) is 0 Å². The molecule has 0 aliphatic carbocycles. The monoisotopic (exact) mass is 390 g/mol. The molecule has 1 saturated heterocycles. The summed E-state index contributed by atoms with van der Waals surface area (Å²) in [7, 11) is 0. The normalized spacial score (nSPS) is 21.3. The largest absolute Gasteiger partial charge is 0.479 e. The number of nitrogens with zero attached hydrogens (tertiary/aromatic N) is 2. The Bertz CT molecular complexity index is 769. The van der Waals surface area contributed by atoms with Gasteiger partial charge in [0.25, 0.3) is 0 Å². The van der Waals surface area contributed by atoms with Crippen molar-refractivity contribution in [2.75, 3.05) is 32.9 Å². The van der Waals surface area contributed by atoms with E-state index in [1.165, 1.54) is 12.1 Å². The predicted octanol–water partition coefficient (Wildman–Crippen LogP) is 2.97. The third-order valence-electron chi connectivity index (χ3n) is 4.96. The van der Waals surface area contributed by atoms with Crippen LogP contribution in [0.4, 0.5) is 4.39 Å². The van der Waals surface area contributed by atoms with E-state index in [2.05, 4.69) is 4.90 Å². The van der Waals surface area contributed by atoms with Crippen molar-refractivity contribution < 1.29 is 23.8 Å². The van der Waals surface area contributed by atoms with E-state index in [1.54, 1.807) is 13.0 Å². The highest BCUT2D eigenvalue weighted by molar-refractivity contribution is 5.92. The SMILES string of the molecule is CCOC1=C(C(=O)O)C(C)=CC(N2CCCOCC2)N1Cc1cccc(F)c1. The zero-order valence-electron chi connectivity index (χ0n) is 16.4. The molecule has 28 heavy (non-hydrogen) atoms. The number of rotatable bonds is 6. The molecule has 0 spiro atoms. The van der Waals surface area contributed by atoms with Gasteiger partial charge >= 0.3 is 5.97 Å². The molecule has 1 aromatic rings. The Labute approximate surface area is 164 Å². The summed E-state index contributed by atoms with van der Waals surface area (Å²) < 4.78 is 25.1. The van der Waals surface area contributed by atoms with Crippen LogP contribution in [-0.2, 0) is 20.8 Å². The number of carbonyl (C=O) groups is 1. The number of aliphatic carboxylic acids is 1. The van der Waals surface area contributed by atoms with Gasteiger partial charge < -0.3 is 19.5 Å². The highest BCUT2D eigenvalue weighted by Gasteiger charge is 2.35. The van der Waals surface area contributed by atoms with Gasteiger partial charge in [0.2, 0.25) is 5.88 Å². The van der Waals surface area contributed by atoms with Crippen molar-refractivity contribution in [3.05, 3.63) is 58.8 Å². The summed E-state index contributed by atoms with van der Waals surface area (Å²) in [5.74, 6) is -1.02. The summed E-state index contributed by atoms with van der Waals surface area (Å²) in [6.07, 6.45) is 2.67. The van der Waals surface area contributed by atoms with Crippen LogP contribution in [0.15, 0.2) is 47.4 Å². The summed E-state index contributed by atoms with van der Waals surface area (Å²) >= 11 is 0. The van der Waals surface area contributed by atoms with Crippen LogP contribution in [0.5, 0.6) is 0 Å². The Hall–Kier alpha value is -2.38. The topological polar surface area (TPSA) is 62.2 Å². The van der Waals surface area contributed by atoms with Crippen molar-refractivity contribution in [1.29, 1.82) is 0 Å². The molecule has 7 heteroatoms. The second-order valence-corrected chi connectivity index (χ2v) is 6.94. The molecule has 0 aromatic heterocycles. The molecule has 0 bridgehead atoms. The first-order chi connectivity index (χ1) is 13.5. The lowest BCUT2D eigenvalue weighted by Gasteiger charge is -2.42. The first-order valence-electron chi connectivity index (χ1n) is 9.63. The average molecular weight is 390 g/mol. The van der Waals surface area contributed by atoms with Gasteiger partial charge in [-0.15, -0.1) is 0 Å². The number of benzene rings is 1. The number of hydrogen-bond donors (Lipinski definition) is 1. The van der Waals surface area contributed by atoms with Gasteiger partial charge in [-0.1, -0.05) is 12.1 Å². The van der Waals surface area contributed by atoms with E-state index in [0.29, 0.717) is 37.8 Å². The van der Waals surface area contributed by atoms with Gasteiger partial charge in [-0.2, -0.15) is 0 Å². The minimum Gasteiger partial charge on any atom is -0.479 e. The maximum Gasteiger partial charge on any atom is 0.341 e. The lowest BCUT2D eigenvalue weighted by molar-refractivity contribution is -0.133. The maximum absolute atomic E-state index is 13.7. The molecule has 1 unspecified atom stereocenters. The standard InChI is InChI=1S/C21H27FN2O4/c1-3-28-20-19(21(25)26)15(2)12-18(23-8-5-10-27-11-9-23)24(20)14-16-6-4-7-17(22)13-16/h4,6-7,12-13,18H,3,5,8-11,14H2,1-2H3,(H,25,26).